The highest BCUT2D eigenvalue weighted by atomic mass is 19.4. The van der Waals surface area contributed by atoms with Crippen LogP contribution < -0.4 is 10.9 Å². The molecule has 4 rings (SSSR count). The number of ether oxygens (including phenoxy) is 1. The van der Waals surface area contributed by atoms with Gasteiger partial charge in [-0.2, -0.15) is 13.2 Å². The highest BCUT2D eigenvalue weighted by Gasteiger charge is 2.35. The molecule has 11 heteroatoms. The standard InChI is InChI=1S/C25H26F4N4O3/c1-12-10-33(11-13(2)36-12)24(35)16-5-6-21(20(26)7-16)30-14(3)17-8-18-22(9-19(17)25(27,28)29)31-15(4)32-23(18)34/h5-9,12-14,30H,10-11H2,1-4H3,(H,31,32,34)/t12-,13+,14-/m1/s1. The molecule has 0 saturated carbocycles. The Labute approximate surface area is 204 Å². The van der Waals surface area contributed by atoms with Gasteiger partial charge >= 0.3 is 6.18 Å². The van der Waals surface area contributed by atoms with Gasteiger partial charge in [0, 0.05) is 24.7 Å². The summed E-state index contributed by atoms with van der Waals surface area (Å²) >= 11 is 0. The third-order valence-corrected chi connectivity index (χ3v) is 6.06. The zero-order valence-electron chi connectivity index (χ0n) is 20.2. The molecule has 3 atom stereocenters. The quantitative estimate of drug-likeness (QED) is 0.496. The maximum atomic E-state index is 15.0. The van der Waals surface area contributed by atoms with E-state index in [9.17, 15) is 27.2 Å². The number of H-pyrrole nitrogens is 1. The summed E-state index contributed by atoms with van der Waals surface area (Å²) in [7, 11) is 0. The fraction of sp³-hybridized carbons (Fsp3) is 0.400. The molecular formula is C25H26F4N4O3. The number of fused-ring (bicyclic) bond motifs is 1. The van der Waals surface area contributed by atoms with Crippen LogP contribution in [0.5, 0.6) is 0 Å². The van der Waals surface area contributed by atoms with Gasteiger partial charge in [-0.15, -0.1) is 0 Å². The van der Waals surface area contributed by atoms with Gasteiger partial charge < -0.3 is 19.9 Å². The molecule has 7 nitrogen and oxygen atoms in total. The van der Waals surface area contributed by atoms with Gasteiger partial charge in [-0.25, -0.2) is 9.37 Å². The predicted octanol–water partition coefficient (Wildman–Crippen LogP) is 4.81. The summed E-state index contributed by atoms with van der Waals surface area (Å²) in [5.41, 5.74) is -1.81. The Bertz CT molecular complexity index is 1360. The summed E-state index contributed by atoms with van der Waals surface area (Å²) < 4.78 is 62.2. The molecule has 2 heterocycles. The second-order valence-corrected chi connectivity index (χ2v) is 9.13. The van der Waals surface area contributed by atoms with Crippen molar-refractivity contribution < 1.29 is 27.1 Å². The lowest BCUT2D eigenvalue weighted by molar-refractivity contribution is -0.138. The Morgan fingerprint density at radius 2 is 1.86 bits per heavy atom. The number of rotatable bonds is 4. The number of amides is 1. The van der Waals surface area contributed by atoms with Crippen molar-refractivity contribution in [2.45, 2.75) is 52.1 Å². The first-order valence-electron chi connectivity index (χ1n) is 11.5. The molecule has 0 aliphatic carbocycles. The number of hydrogen-bond acceptors (Lipinski definition) is 5. The first kappa shape index (κ1) is 25.6. The van der Waals surface area contributed by atoms with E-state index < -0.39 is 29.2 Å². The fourth-order valence-electron chi connectivity index (χ4n) is 4.53. The van der Waals surface area contributed by atoms with Gasteiger partial charge in [-0.1, -0.05) is 0 Å². The van der Waals surface area contributed by atoms with E-state index in [0.29, 0.717) is 13.1 Å². The number of aromatic nitrogens is 2. The Balaban J connectivity index is 1.63. The molecule has 0 unspecified atom stereocenters. The van der Waals surface area contributed by atoms with Crippen molar-refractivity contribution in [3.63, 3.8) is 0 Å². The maximum absolute atomic E-state index is 15.0. The molecule has 0 radical (unpaired) electrons. The molecule has 3 aromatic rings. The van der Waals surface area contributed by atoms with Crippen LogP contribution in [-0.2, 0) is 10.9 Å². The highest BCUT2D eigenvalue weighted by molar-refractivity contribution is 5.94. The third kappa shape index (κ3) is 5.20. The maximum Gasteiger partial charge on any atom is 0.416 e. The molecule has 192 valence electrons. The van der Waals surface area contributed by atoms with Gasteiger partial charge in [0.2, 0.25) is 0 Å². The smallest absolute Gasteiger partial charge is 0.376 e. The summed E-state index contributed by atoms with van der Waals surface area (Å²) in [5, 5.41) is 2.73. The number of morpholine rings is 1. The number of anilines is 1. The number of halogens is 4. The van der Waals surface area contributed by atoms with Crippen LogP contribution in [-0.4, -0.2) is 46.1 Å². The van der Waals surface area contributed by atoms with Crippen LogP contribution in [0.25, 0.3) is 10.9 Å². The minimum Gasteiger partial charge on any atom is -0.376 e. The van der Waals surface area contributed by atoms with Gasteiger partial charge in [-0.05, 0) is 63.6 Å². The Morgan fingerprint density at radius 3 is 2.47 bits per heavy atom. The third-order valence-electron chi connectivity index (χ3n) is 6.06. The lowest BCUT2D eigenvalue weighted by atomic mass is 9.98. The van der Waals surface area contributed by atoms with Crippen molar-refractivity contribution in [2.75, 3.05) is 18.4 Å². The molecule has 1 saturated heterocycles. The number of aryl methyl sites for hydroxylation is 1. The molecule has 1 fully saturated rings. The monoisotopic (exact) mass is 506 g/mol. The Hall–Kier alpha value is -3.47. The molecule has 1 aliphatic heterocycles. The molecule has 0 spiro atoms. The number of aromatic amines is 1. The van der Waals surface area contributed by atoms with Crippen molar-refractivity contribution in [3.05, 3.63) is 69.0 Å². The van der Waals surface area contributed by atoms with Crippen LogP contribution >= 0.6 is 0 Å². The number of benzene rings is 2. The summed E-state index contributed by atoms with van der Waals surface area (Å²) in [6.45, 7) is 7.34. The summed E-state index contributed by atoms with van der Waals surface area (Å²) in [5.74, 6) is -0.949. The lowest BCUT2D eigenvalue weighted by Crippen LogP contribution is -2.48. The number of alkyl halides is 3. The topological polar surface area (TPSA) is 87.3 Å². The second-order valence-electron chi connectivity index (χ2n) is 9.13. The predicted molar refractivity (Wildman–Crippen MR) is 126 cm³/mol. The molecule has 36 heavy (non-hydrogen) atoms. The van der Waals surface area contributed by atoms with Crippen LogP contribution in [0.2, 0.25) is 0 Å². The van der Waals surface area contributed by atoms with E-state index in [1.54, 1.807) is 4.90 Å². The van der Waals surface area contributed by atoms with Crippen molar-refractivity contribution in [1.82, 2.24) is 14.9 Å². The van der Waals surface area contributed by atoms with Crippen LogP contribution in [0.3, 0.4) is 0 Å². The van der Waals surface area contributed by atoms with Gasteiger partial charge in [0.15, 0.2) is 0 Å². The van der Waals surface area contributed by atoms with Crippen molar-refractivity contribution in [3.8, 4) is 0 Å². The van der Waals surface area contributed by atoms with E-state index in [4.69, 9.17) is 4.74 Å². The summed E-state index contributed by atoms with van der Waals surface area (Å²) in [6, 6.07) is 4.73. The first-order chi connectivity index (χ1) is 16.8. The van der Waals surface area contributed by atoms with E-state index >= 15 is 0 Å². The van der Waals surface area contributed by atoms with E-state index in [2.05, 4.69) is 15.3 Å². The van der Waals surface area contributed by atoms with Gasteiger partial charge in [0.25, 0.3) is 11.5 Å². The van der Waals surface area contributed by atoms with Gasteiger partial charge in [-0.3, -0.25) is 9.59 Å². The molecule has 2 aromatic carbocycles. The summed E-state index contributed by atoms with van der Waals surface area (Å²) in [6.07, 6.45) is -5.03. The molecule has 1 amide bonds. The normalized spacial score (nSPS) is 19.4. The zero-order valence-corrected chi connectivity index (χ0v) is 20.2. The average molecular weight is 507 g/mol. The van der Waals surface area contributed by atoms with Gasteiger partial charge in [0.05, 0.1) is 34.4 Å². The number of hydrogen-bond donors (Lipinski definition) is 2. The Morgan fingerprint density at radius 1 is 1.19 bits per heavy atom. The fourth-order valence-corrected chi connectivity index (χ4v) is 4.53. The molecule has 0 bridgehead atoms. The molecular weight excluding hydrogens is 480 g/mol. The highest BCUT2D eigenvalue weighted by Crippen LogP contribution is 2.37. The van der Waals surface area contributed by atoms with Crippen LogP contribution in [0.4, 0.5) is 23.2 Å². The molecule has 1 aromatic heterocycles. The number of nitrogens with zero attached hydrogens (tertiary/aromatic N) is 2. The van der Waals surface area contributed by atoms with E-state index in [1.165, 1.54) is 26.0 Å². The zero-order chi connectivity index (χ0) is 26.4. The van der Waals surface area contributed by atoms with E-state index in [1.807, 2.05) is 13.8 Å². The van der Waals surface area contributed by atoms with Crippen LogP contribution in [0.1, 0.15) is 54.1 Å². The first-order valence-corrected chi connectivity index (χ1v) is 11.5. The largest absolute Gasteiger partial charge is 0.416 e. The number of nitrogens with one attached hydrogen (secondary N) is 2. The van der Waals surface area contributed by atoms with Crippen LogP contribution in [0.15, 0.2) is 35.1 Å². The lowest BCUT2D eigenvalue weighted by Gasteiger charge is -2.35. The molecule has 1 aliphatic rings. The van der Waals surface area contributed by atoms with Crippen molar-refractivity contribution in [1.29, 1.82) is 0 Å². The number of carbonyl (C=O) groups excluding carboxylic acids is 1. The second kappa shape index (κ2) is 9.53. The summed E-state index contributed by atoms with van der Waals surface area (Å²) in [4.78, 5) is 33.2. The minimum absolute atomic E-state index is 0.00682. The number of carbonyl (C=O) groups is 1. The van der Waals surface area contributed by atoms with Crippen molar-refractivity contribution in [2.24, 2.45) is 0 Å². The van der Waals surface area contributed by atoms with Gasteiger partial charge in [0.1, 0.15) is 11.6 Å². The average Bonchev–Trinajstić information content (AvgIpc) is 2.77. The minimum atomic E-state index is -4.72. The van der Waals surface area contributed by atoms with E-state index in [0.717, 1.165) is 18.2 Å². The molecule has 2 N–H and O–H groups in total. The van der Waals surface area contributed by atoms with Crippen LogP contribution in [0, 0.1) is 12.7 Å². The van der Waals surface area contributed by atoms with E-state index in [-0.39, 0.29) is 51.7 Å². The Kier molecular flexibility index (Phi) is 6.78. The van der Waals surface area contributed by atoms with Crippen molar-refractivity contribution >= 4 is 22.5 Å². The SMILES string of the molecule is Cc1nc2cc(C(F)(F)F)c([C@@H](C)Nc3ccc(C(=O)N4C[C@@H](C)O[C@@H](C)C4)cc3F)cc2c(=O)[nH]1.